The Morgan fingerprint density at radius 2 is 1.89 bits per heavy atom. The zero-order valence-electron chi connectivity index (χ0n) is 9.24. The molecule has 2 rings (SSSR count). The zero-order valence-corrected chi connectivity index (χ0v) is 11.5. The first-order valence-electron chi connectivity index (χ1n) is 5.12. The number of nitrogens with zero attached hydrogens (tertiary/aromatic N) is 2. The summed E-state index contributed by atoms with van der Waals surface area (Å²) >= 11 is 17.7. The summed E-state index contributed by atoms with van der Waals surface area (Å²) in [4.78, 5) is 0. The molecule has 0 amide bonds. The number of ether oxygens (including phenoxy) is 1. The number of anilines is 1. The molecule has 0 aliphatic heterocycles. The van der Waals surface area contributed by atoms with E-state index in [0.29, 0.717) is 39.8 Å². The molecule has 0 fully saturated rings. The molecule has 0 atom stereocenters. The number of hydrogen-bond acceptors (Lipinski definition) is 3. The number of hydrogen-bond donors (Lipinski definition) is 1. The molecule has 1 heterocycles. The molecule has 0 unspecified atom stereocenters. The average molecular weight is 307 g/mol. The largest absolute Gasteiger partial charge is 0.490 e. The highest BCUT2D eigenvalue weighted by molar-refractivity contribution is 6.43. The van der Waals surface area contributed by atoms with Crippen molar-refractivity contribution < 1.29 is 4.74 Å². The number of nitrogen functional groups attached to an aromatic ring is 1. The lowest BCUT2D eigenvalue weighted by Crippen LogP contribution is -2.09. The van der Waals surface area contributed by atoms with Crippen molar-refractivity contribution in [3.63, 3.8) is 0 Å². The second-order valence-electron chi connectivity index (χ2n) is 3.55. The van der Waals surface area contributed by atoms with Crippen LogP contribution < -0.4 is 10.5 Å². The lowest BCUT2D eigenvalue weighted by molar-refractivity contribution is 0.291. The Hall–Kier alpha value is -1.10. The van der Waals surface area contributed by atoms with E-state index in [9.17, 15) is 0 Å². The van der Waals surface area contributed by atoms with Crippen LogP contribution in [0.1, 0.15) is 0 Å². The third kappa shape index (κ3) is 3.22. The van der Waals surface area contributed by atoms with Gasteiger partial charge in [-0.1, -0.05) is 34.8 Å². The zero-order chi connectivity index (χ0) is 13.1. The van der Waals surface area contributed by atoms with E-state index in [2.05, 4.69) is 5.10 Å². The van der Waals surface area contributed by atoms with Gasteiger partial charge in [0.2, 0.25) is 0 Å². The summed E-state index contributed by atoms with van der Waals surface area (Å²) in [7, 11) is 0. The Kier molecular flexibility index (Phi) is 4.22. The van der Waals surface area contributed by atoms with E-state index in [4.69, 9.17) is 45.3 Å². The highest BCUT2D eigenvalue weighted by atomic mass is 35.5. The van der Waals surface area contributed by atoms with Crippen molar-refractivity contribution >= 4 is 40.6 Å². The van der Waals surface area contributed by atoms with Crippen LogP contribution in [0.5, 0.6) is 5.75 Å². The first kappa shape index (κ1) is 13.3. The lowest BCUT2D eigenvalue weighted by Gasteiger charge is -2.09. The monoisotopic (exact) mass is 305 g/mol. The molecule has 0 saturated carbocycles. The molecule has 2 N–H and O–H groups in total. The van der Waals surface area contributed by atoms with Gasteiger partial charge in [-0.2, -0.15) is 5.10 Å². The highest BCUT2D eigenvalue weighted by Crippen LogP contribution is 2.33. The SMILES string of the molecule is Nc1ccn(CCOc2cc(Cl)c(Cl)cc2Cl)n1. The van der Waals surface area contributed by atoms with Crippen LogP contribution in [0.15, 0.2) is 24.4 Å². The third-order valence-electron chi connectivity index (χ3n) is 2.21. The minimum Gasteiger partial charge on any atom is -0.490 e. The van der Waals surface area contributed by atoms with Crippen LogP contribution >= 0.6 is 34.8 Å². The topological polar surface area (TPSA) is 53.1 Å². The molecule has 0 bridgehead atoms. The number of rotatable bonds is 4. The van der Waals surface area contributed by atoms with Crippen molar-refractivity contribution in [1.82, 2.24) is 9.78 Å². The Balaban J connectivity index is 1.96. The van der Waals surface area contributed by atoms with E-state index >= 15 is 0 Å². The quantitative estimate of drug-likeness (QED) is 0.880. The van der Waals surface area contributed by atoms with E-state index in [1.54, 1.807) is 29.1 Å². The highest BCUT2D eigenvalue weighted by Gasteiger charge is 2.07. The van der Waals surface area contributed by atoms with Crippen LogP contribution in [-0.2, 0) is 6.54 Å². The lowest BCUT2D eigenvalue weighted by atomic mass is 10.3. The molecule has 0 saturated heterocycles. The van der Waals surface area contributed by atoms with Gasteiger partial charge in [0.05, 0.1) is 21.6 Å². The van der Waals surface area contributed by atoms with Gasteiger partial charge in [-0.05, 0) is 12.1 Å². The fraction of sp³-hybridized carbons (Fsp3) is 0.182. The van der Waals surface area contributed by atoms with Crippen LogP contribution in [0, 0.1) is 0 Å². The summed E-state index contributed by atoms with van der Waals surface area (Å²) in [6.45, 7) is 0.965. The molecule has 96 valence electrons. The van der Waals surface area contributed by atoms with Gasteiger partial charge in [0.1, 0.15) is 18.2 Å². The molecule has 0 radical (unpaired) electrons. The number of benzene rings is 1. The average Bonchev–Trinajstić information content (AvgIpc) is 2.71. The van der Waals surface area contributed by atoms with Crippen LogP contribution in [0.25, 0.3) is 0 Å². The van der Waals surface area contributed by atoms with Gasteiger partial charge in [-0.25, -0.2) is 0 Å². The normalized spacial score (nSPS) is 10.6. The van der Waals surface area contributed by atoms with E-state index in [1.807, 2.05) is 0 Å². The molecule has 0 aliphatic carbocycles. The molecule has 1 aromatic carbocycles. The Morgan fingerprint density at radius 3 is 2.56 bits per heavy atom. The molecule has 0 aliphatic rings. The maximum Gasteiger partial charge on any atom is 0.145 e. The van der Waals surface area contributed by atoms with Gasteiger partial charge in [0.15, 0.2) is 0 Å². The van der Waals surface area contributed by atoms with Crippen LogP contribution in [-0.4, -0.2) is 16.4 Å². The van der Waals surface area contributed by atoms with Crippen LogP contribution in [0.2, 0.25) is 15.1 Å². The van der Waals surface area contributed by atoms with Gasteiger partial charge >= 0.3 is 0 Å². The van der Waals surface area contributed by atoms with Gasteiger partial charge in [-0.15, -0.1) is 0 Å². The fourth-order valence-electron chi connectivity index (χ4n) is 1.37. The van der Waals surface area contributed by atoms with Crippen LogP contribution in [0.3, 0.4) is 0 Å². The maximum absolute atomic E-state index is 5.98. The predicted molar refractivity (Wildman–Crippen MR) is 73.6 cm³/mol. The van der Waals surface area contributed by atoms with Gasteiger partial charge in [-0.3, -0.25) is 4.68 Å². The third-order valence-corrected chi connectivity index (χ3v) is 3.23. The van der Waals surface area contributed by atoms with Crippen molar-refractivity contribution in [3.8, 4) is 5.75 Å². The fourth-order valence-corrected chi connectivity index (χ4v) is 1.96. The molecule has 7 heteroatoms. The summed E-state index contributed by atoms with van der Waals surface area (Å²) in [5, 5.41) is 5.25. The minimum absolute atomic E-state index is 0.397. The van der Waals surface area contributed by atoms with Gasteiger partial charge < -0.3 is 10.5 Å². The van der Waals surface area contributed by atoms with E-state index in [-0.39, 0.29) is 0 Å². The smallest absolute Gasteiger partial charge is 0.145 e. The summed E-state index contributed by atoms with van der Waals surface area (Å²) in [5.41, 5.74) is 5.50. The van der Waals surface area contributed by atoms with Gasteiger partial charge in [0.25, 0.3) is 0 Å². The molecular weight excluding hydrogens is 296 g/mol. The Labute approximate surface area is 119 Å². The van der Waals surface area contributed by atoms with Crippen LogP contribution in [0.4, 0.5) is 5.82 Å². The molecule has 18 heavy (non-hydrogen) atoms. The molecule has 2 aromatic rings. The Bertz CT molecular complexity index is 556. The minimum atomic E-state index is 0.397. The second-order valence-corrected chi connectivity index (χ2v) is 4.77. The maximum atomic E-state index is 5.98. The van der Waals surface area contributed by atoms with Crippen molar-refractivity contribution in [3.05, 3.63) is 39.5 Å². The number of aromatic nitrogens is 2. The van der Waals surface area contributed by atoms with Gasteiger partial charge in [0, 0.05) is 12.3 Å². The molecular formula is C11H10Cl3N3O. The Morgan fingerprint density at radius 1 is 1.17 bits per heavy atom. The van der Waals surface area contributed by atoms with Crippen molar-refractivity contribution in [1.29, 1.82) is 0 Å². The van der Waals surface area contributed by atoms with E-state index in [0.717, 1.165) is 0 Å². The first-order valence-corrected chi connectivity index (χ1v) is 6.26. The molecule has 1 aromatic heterocycles. The van der Waals surface area contributed by atoms with Crippen molar-refractivity contribution in [2.24, 2.45) is 0 Å². The summed E-state index contributed by atoms with van der Waals surface area (Å²) in [6, 6.07) is 4.85. The van der Waals surface area contributed by atoms with Crippen molar-refractivity contribution in [2.45, 2.75) is 6.54 Å². The second kappa shape index (κ2) is 5.69. The van der Waals surface area contributed by atoms with E-state index < -0.39 is 0 Å². The molecule has 0 spiro atoms. The predicted octanol–water partition coefficient (Wildman–Crippen LogP) is 3.50. The number of nitrogens with two attached hydrogens (primary N) is 1. The summed E-state index contributed by atoms with van der Waals surface area (Å²) < 4.78 is 7.19. The summed E-state index contributed by atoms with van der Waals surface area (Å²) in [6.07, 6.45) is 1.77. The van der Waals surface area contributed by atoms with E-state index in [1.165, 1.54) is 0 Å². The molecule has 4 nitrogen and oxygen atoms in total. The summed E-state index contributed by atoms with van der Waals surface area (Å²) in [5.74, 6) is 0.966. The number of halogens is 3. The standard InChI is InChI=1S/C11H10Cl3N3O/c12-7-5-9(14)10(6-8(7)13)18-4-3-17-2-1-11(15)16-17/h1-2,5-6H,3-4H2,(H2,15,16). The first-order chi connectivity index (χ1) is 8.56. The van der Waals surface area contributed by atoms with Crippen molar-refractivity contribution in [2.75, 3.05) is 12.3 Å².